The maximum absolute atomic E-state index is 2.33. The van der Waals surface area contributed by atoms with E-state index in [2.05, 4.69) is 20.8 Å². The van der Waals surface area contributed by atoms with Gasteiger partial charge in [-0.25, -0.2) is 0 Å². The molecule has 0 bridgehead atoms. The molecule has 0 saturated heterocycles. The first-order chi connectivity index (χ1) is 14.8. The average molecular weight is 421 g/mol. The van der Waals surface area contributed by atoms with E-state index >= 15 is 0 Å². The minimum absolute atomic E-state index is 1.07. The van der Waals surface area contributed by atoms with Gasteiger partial charge < -0.3 is 0 Å². The fraction of sp³-hybridized carbons (Fsp3) is 1.00. The summed E-state index contributed by atoms with van der Waals surface area (Å²) in [5.74, 6) is 3.22. The molecule has 1 fully saturated rings. The molecule has 1 aliphatic carbocycles. The monoisotopic (exact) mass is 420 g/mol. The minimum Gasteiger partial charge on any atom is -0.0654 e. The Balaban J connectivity index is 2.29. The lowest BCUT2D eigenvalue weighted by Gasteiger charge is -2.37. The Kier molecular flexibility index (Phi) is 19.5. The molecule has 0 aliphatic heterocycles. The molecule has 0 spiro atoms. The van der Waals surface area contributed by atoms with Crippen LogP contribution in [0.2, 0.25) is 0 Å². The lowest BCUT2D eigenvalue weighted by atomic mass is 9.69. The smallest absolute Gasteiger partial charge is 0.0383 e. The Hall–Kier alpha value is 0. The lowest BCUT2D eigenvalue weighted by molar-refractivity contribution is 0.147. The van der Waals surface area contributed by atoms with Crippen LogP contribution in [0.5, 0.6) is 0 Å². The van der Waals surface area contributed by atoms with Gasteiger partial charge in [0.2, 0.25) is 0 Å². The second kappa shape index (κ2) is 20.9. The van der Waals surface area contributed by atoms with Crippen LogP contribution >= 0.6 is 0 Å². The SMILES string of the molecule is CCCCCCCCC1CCC(CCCCCCCC)C(CCCCCCCC)C1. The minimum atomic E-state index is 1.07. The van der Waals surface area contributed by atoms with Crippen LogP contribution in [0.3, 0.4) is 0 Å². The van der Waals surface area contributed by atoms with Crippen LogP contribution in [0.15, 0.2) is 0 Å². The number of hydrogen-bond donors (Lipinski definition) is 0. The molecule has 0 nitrogen and oxygen atoms in total. The summed E-state index contributed by atoms with van der Waals surface area (Å²) in [4.78, 5) is 0. The van der Waals surface area contributed by atoms with E-state index in [0.717, 1.165) is 17.8 Å². The maximum atomic E-state index is 2.33. The van der Waals surface area contributed by atoms with E-state index in [4.69, 9.17) is 0 Å². The zero-order chi connectivity index (χ0) is 21.7. The van der Waals surface area contributed by atoms with Crippen molar-refractivity contribution in [2.75, 3.05) is 0 Å². The van der Waals surface area contributed by atoms with Gasteiger partial charge in [0.1, 0.15) is 0 Å². The first-order valence-electron chi connectivity index (χ1n) is 14.8. The fourth-order valence-electron chi connectivity index (χ4n) is 6.01. The summed E-state index contributed by atoms with van der Waals surface area (Å²) in [7, 11) is 0. The van der Waals surface area contributed by atoms with Crippen molar-refractivity contribution in [1.29, 1.82) is 0 Å². The third kappa shape index (κ3) is 14.9. The van der Waals surface area contributed by atoms with Crippen molar-refractivity contribution in [1.82, 2.24) is 0 Å². The molecule has 0 aromatic carbocycles. The van der Waals surface area contributed by atoms with Crippen molar-refractivity contribution < 1.29 is 0 Å². The summed E-state index contributed by atoms with van der Waals surface area (Å²) in [6, 6.07) is 0. The predicted octanol–water partition coefficient (Wildman–Crippen LogP) is 11.3. The van der Waals surface area contributed by atoms with Crippen LogP contribution in [0, 0.1) is 17.8 Å². The van der Waals surface area contributed by atoms with Gasteiger partial charge in [-0.05, 0) is 30.6 Å². The molecule has 1 saturated carbocycles. The van der Waals surface area contributed by atoms with Crippen molar-refractivity contribution in [3.63, 3.8) is 0 Å². The highest BCUT2D eigenvalue weighted by molar-refractivity contribution is 4.80. The van der Waals surface area contributed by atoms with Crippen LogP contribution in [0.25, 0.3) is 0 Å². The van der Waals surface area contributed by atoms with E-state index in [1.54, 1.807) is 38.5 Å². The first kappa shape index (κ1) is 28.0. The molecule has 0 heterocycles. The molecule has 3 unspecified atom stereocenters. The molecular weight excluding hydrogens is 360 g/mol. The number of hydrogen-bond acceptors (Lipinski definition) is 0. The highest BCUT2D eigenvalue weighted by Gasteiger charge is 2.29. The largest absolute Gasteiger partial charge is 0.0654 e. The van der Waals surface area contributed by atoms with Crippen LogP contribution < -0.4 is 0 Å². The van der Waals surface area contributed by atoms with E-state index < -0.39 is 0 Å². The molecule has 0 aromatic rings. The molecule has 30 heavy (non-hydrogen) atoms. The quantitative estimate of drug-likeness (QED) is 0.162. The summed E-state index contributed by atoms with van der Waals surface area (Å²) in [5.41, 5.74) is 0. The zero-order valence-electron chi connectivity index (χ0n) is 21.7. The zero-order valence-corrected chi connectivity index (χ0v) is 21.7. The van der Waals surface area contributed by atoms with Gasteiger partial charge in [0.15, 0.2) is 0 Å². The van der Waals surface area contributed by atoms with E-state index in [1.807, 2.05) is 0 Å². The van der Waals surface area contributed by atoms with Crippen molar-refractivity contribution in [3.05, 3.63) is 0 Å². The van der Waals surface area contributed by atoms with E-state index in [-0.39, 0.29) is 0 Å². The Morgan fingerprint density at radius 3 is 1.30 bits per heavy atom. The third-order valence-corrected chi connectivity index (χ3v) is 8.07. The number of unbranched alkanes of at least 4 members (excludes halogenated alkanes) is 15. The lowest BCUT2D eigenvalue weighted by Crippen LogP contribution is -2.25. The molecule has 180 valence electrons. The maximum Gasteiger partial charge on any atom is -0.0383 e. The fourth-order valence-corrected chi connectivity index (χ4v) is 6.01. The molecule has 1 aliphatic rings. The Labute approximate surface area is 192 Å². The molecule has 0 aromatic heterocycles. The van der Waals surface area contributed by atoms with Gasteiger partial charge in [-0.3, -0.25) is 0 Å². The second-order valence-electron chi connectivity index (χ2n) is 10.9. The second-order valence-corrected chi connectivity index (χ2v) is 10.9. The summed E-state index contributed by atoms with van der Waals surface area (Å²) in [5, 5.41) is 0. The van der Waals surface area contributed by atoms with Crippen molar-refractivity contribution >= 4 is 0 Å². The summed E-state index contributed by atoms with van der Waals surface area (Å²) < 4.78 is 0. The molecule has 1 rings (SSSR count). The molecule has 0 amide bonds. The van der Waals surface area contributed by atoms with E-state index in [1.165, 1.54) is 116 Å². The van der Waals surface area contributed by atoms with Gasteiger partial charge in [-0.2, -0.15) is 0 Å². The van der Waals surface area contributed by atoms with Gasteiger partial charge in [-0.15, -0.1) is 0 Å². The third-order valence-electron chi connectivity index (χ3n) is 8.07. The van der Waals surface area contributed by atoms with Crippen LogP contribution in [-0.2, 0) is 0 Å². The van der Waals surface area contributed by atoms with Crippen molar-refractivity contribution in [2.24, 2.45) is 17.8 Å². The van der Waals surface area contributed by atoms with Gasteiger partial charge in [-0.1, -0.05) is 162 Å². The van der Waals surface area contributed by atoms with Crippen LogP contribution in [-0.4, -0.2) is 0 Å². The van der Waals surface area contributed by atoms with E-state index in [9.17, 15) is 0 Å². The van der Waals surface area contributed by atoms with Gasteiger partial charge in [0.25, 0.3) is 0 Å². The summed E-state index contributed by atoms with van der Waals surface area (Å²) in [6.45, 7) is 6.99. The number of rotatable bonds is 21. The molecular formula is C30H60. The predicted molar refractivity (Wildman–Crippen MR) is 138 cm³/mol. The molecule has 0 N–H and O–H groups in total. The van der Waals surface area contributed by atoms with Gasteiger partial charge >= 0.3 is 0 Å². The van der Waals surface area contributed by atoms with Gasteiger partial charge in [0.05, 0.1) is 0 Å². The van der Waals surface area contributed by atoms with Crippen LogP contribution in [0.4, 0.5) is 0 Å². The van der Waals surface area contributed by atoms with E-state index in [0.29, 0.717) is 0 Å². The first-order valence-corrected chi connectivity index (χ1v) is 14.8. The van der Waals surface area contributed by atoms with Crippen LogP contribution in [0.1, 0.15) is 175 Å². The van der Waals surface area contributed by atoms with Crippen molar-refractivity contribution in [3.8, 4) is 0 Å². The summed E-state index contributed by atoms with van der Waals surface area (Å²) in [6.07, 6.45) is 35.8. The molecule has 3 atom stereocenters. The normalized spacial score (nSPS) is 21.9. The molecule has 0 radical (unpaired) electrons. The molecule has 0 heteroatoms. The topological polar surface area (TPSA) is 0 Å². The highest BCUT2D eigenvalue weighted by Crippen LogP contribution is 2.41. The Morgan fingerprint density at radius 1 is 0.400 bits per heavy atom. The Bertz CT molecular complexity index is 333. The Morgan fingerprint density at radius 2 is 0.800 bits per heavy atom. The van der Waals surface area contributed by atoms with Gasteiger partial charge in [0, 0.05) is 0 Å². The standard InChI is InChI=1S/C30H60/c1-4-7-10-13-16-19-22-28-25-26-29(23-20-17-14-11-8-5-2)30(27-28)24-21-18-15-12-9-6-3/h28-30H,4-27H2,1-3H3. The summed E-state index contributed by atoms with van der Waals surface area (Å²) >= 11 is 0. The highest BCUT2D eigenvalue weighted by atomic mass is 14.3. The average Bonchev–Trinajstić information content (AvgIpc) is 2.76. The van der Waals surface area contributed by atoms with Crippen molar-refractivity contribution in [2.45, 2.75) is 175 Å².